The van der Waals surface area contributed by atoms with Gasteiger partial charge in [-0.1, -0.05) is 13.8 Å². The Hall–Kier alpha value is -2.77. The molecule has 1 aromatic rings. The van der Waals surface area contributed by atoms with E-state index in [9.17, 15) is 19.5 Å². The molecule has 0 aliphatic carbocycles. The van der Waals surface area contributed by atoms with Gasteiger partial charge >= 0.3 is 5.97 Å². The molecular weight excluding hydrogens is 340 g/mol. The van der Waals surface area contributed by atoms with Crippen LogP contribution in [0.1, 0.15) is 20.3 Å². The number of nitrogens with zero attached hydrogens (tertiary/aromatic N) is 1. The van der Waals surface area contributed by atoms with Gasteiger partial charge in [0, 0.05) is 24.7 Å². The predicted molar refractivity (Wildman–Crippen MR) is 92.3 cm³/mol. The molecule has 1 saturated heterocycles. The molecule has 1 fully saturated rings. The Morgan fingerprint density at radius 3 is 2.58 bits per heavy atom. The fourth-order valence-electron chi connectivity index (χ4n) is 3.12. The van der Waals surface area contributed by atoms with Crippen LogP contribution in [0.4, 0.5) is 5.69 Å². The number of hydrogen-bond donors (Lipinski definition) is 2. The molecule has 2 amide bonds. The standard InChI is InChI=1S/C18H22N2O6/c1-10(2)16(18(23)24)19-17(22)11-7-15(21)20(9-11)12-3-4-13-14(8-12)26-6-5-25-13/h3-4,8,10-11,16H,5-7,9H2,1-2H3,(H,19,22)(H,23,24)/t11?,16-/m1/s1. The maximum Gasteiger partial charge on any atom is 0.326 e. The number of hydrogen-bond acceptors (Lipinski definition) is 5. The second-order valence-corrected chi connectivity index (χ2v) is 6.80. The molecule has 140 valence electrons. The Labute approximate surface area is 151 Å². The second kappa shape index (κ2) is 7.23. The number of carbonyl (C=O) groups is 3. The third-order valence-corrected chi connectivity index (χ3v) is 4.56. The van der Waals surface area contributed by atoms with Crippen molar-refractivity contribution in [3.8, 4) is 11.5 Å². The average Bonchev–Trinajstić information content (AvgIpc) is 3.00. The van der Waals surface area contributed by atoms with Gasteiger partial charge in [0.15, 0.2) is 11.5 Å². The number of ether oxygens (including phenoxy) is 2. The number of amides is 2. The van der Waals surface area contributed by atoms with Crippen LogP contribution in [-0.2, 0) is 14.4 Å². The smallest absolute Gasteiger partial charge is 0.326 e. The molecule has 0 radical (unpaired) electrons. The van der Waals surface area contributed by atoms with Gasteiger partial charge in [0.1, 0.15) is 19.3 Å². The van der Waals surface area contributed by atoms with E-state index in [1.54, 1.807) is 32.0 Å². The zero-order chi connectivity index (χ0) is 18.8. The summed E-state index contributed by atoms with van der Waals surface area (Å²) in [6, 6.07) is 4.24. The molecule has 1 aromatic carbocycles. The monoisotopic (exact) mass is 362 g/mol. The minimum atomic E-state index is -1.08. The quantitative estimate of drug-likeness (QED) is 0.811. The number of carboxylic acid groups (broad SMARTS) is 1. The summed E-state index contributed by atoms with van der Waals surface area (Å²) in [7, 11) is 0. The van der Waals surface area contributed by atoms with E-state index in [-0.39, 0.29) is 24.8 Å². The fourth-order valence-corrected chi connectivity index (χ4v) is 3.12. The van der Waals surface area contributed by atoms with E-state index in [1.807, 2.05) is 0 Å². The first-order valence-corrected chi connectivity index (χ1v) is 8.60. The van der Waals surface area contributed by atoms with Crippen molar-refractivity contribution in [1.29, 1.82) is 0 Å². The molecule has 1 unspecified atom stereocenters. The van der Waals surface area contributed by atoms with Crippen LogP contribution in [0.2, 0.25) is 0 Å². The van der Waals surface area contributed by atoms with Crippen LogP contribution in [0.15, 0.2) is 18.2 Å². The Morgan fingerprint density at radius 2 is 1.92 bits per heavy atom. The SMILES string of the molecule is CC(C)[C@@H](NC(=O)C1CC(=O)N(c2ccc3c(c2)OCCO3)C1)C(=O)O. The highest BCUT2D eigenvalue weighted by Gasteiger charge is 2.37. The minimum absolute atomic E-state index is 0.0463. The Morgan fingerprint density at radius 1 is 1.23 bits per heavy atom. The zero-order valence-corrected chi connectivity index (χ0v) is 14.7. The largest absolute Gasteiger partial charge is 0.486 e. The van der Waals surface area contributed by atoms with Crippen molar-refractivity contribution in [1.82, 2.24) is 5.32 Å². The summed E-state index contributed by atoms with van der Waals surface area (Å²) < 4.78 is 11.0. The van der Waals surface area contributed by atoms with Gasteiger partial charge in [0.25, 0.3) is 0 Å². The third kappa shape index (κ3) is 3.58. The van der Waals surface area contributed by atoms with E-state index in [0.29, 0.717) is 30.4 Å². The van der Waals surface area contributed by atoms with Crippen LogP contribution in [0.25, 0.3) is 0 Å². The molecule has 0 saturated carbocycles. The highest BCUT2D eigenvalue weighted by molar-refractivity contribution is 6.01. The molecule has 2 aliphatic rings. The van der Waals surface area contributed by atoms with Gasteiger partial charge < -0.3 is 24.8 Å². The molecule has 8 nitrogen and oxygen atoms in total. The van der Waals surface area contributed by atoms with Gasteiger partial charge in [-0.3, -0.25) is 9.59 Å². The lowest BCUT2D eigenvalue weighted by atomic mass is 10.0. The molecule has 3 rings (SSSR count). The molecule has 26 heavy (non-hydrogen) atoms. The van der Waals surface area contributed by atoms with E-state index in [0.717, 1.165) is 0 Å². The molecule has 2 aliphatic heterocycles. The molecule has 2 heterocycles. The summed E-state index contributed by atoms with van der Waals surface area (Å²) in [4.78, 5) is 37.6. The second-order valence-electron chi connectivity index (χ2n) is 6.80. The van der Waals surface area contributed by atoms with Gasteiger partial charge in [0.2, 0.25) is 11.8 Å². The molecule has 2 atom stereocenters. The number of fused-ring (bicyclic) bond motifs is 1. The van der Waals surface area contributed by atoms with Crippen LogP contribution < -0.4 is 19.7 Å². The molecule has 0 spiro atoms. The number of nitrogens with one attached hydrogen (secondary N) is 1. The first-order valence-electron chi connectivity index (χ1n) is 8.60. The number of aliphatic carboxylic acids is 1. The van der Waals surface area contributed by atoms with Crippen LogP contribution >= 0.6 is 0 Å². The molecule has 2 N–H and O–H groups in total. The van der Waals surface area contributed by atoms with Crippen LogP contribution in [0, 0.1) is 11.8 Å². The van der Waals surface area contributed by atoms with E-state index >= 15 is 0 Å². The lowest BCUT2D eigenvalue weighted by Gasteiger charge is -2.22. The molecule has 0 bridgehead atoms. The number of carbonyl (C=O) groups excluding carboxylic acids is 2. The Kier molecular flexibility index (Phi) is 5.01. The van der Waals surface area contributed by atoms with E-state index < -0.39 is 23.8 Å². The summed E-state index contributed by atoms with van der Waals surface area (Å²) >= 11 is 0. The zero-order valence-electron chi connectivity index (χ0n) is 14.7. The van der Waals surface area contributed by atoms with Gasteiger partial charge in [-0.05, 0) is 18.1 Å². The summed E-state index contributed by atoms with van der Waals surface area (Å²) in [6.45, 7) is 4.58. The van der Waals surface area contributed by atoms with E-state index in [2.05, 4.69) is 5.32 Å². The maximum absolute atomic E-state index is 12.4. The van der Waals surface area contributed by atoms with E-state index in [4.69, 9.17) is 9.47 Å². The molecule has 8 heteroatoms. The Balaban J connectivity index is 1.70. The summed E-state index contributed by atoms with van der Waals surface area (Å²) in [6.07, 6.45) is 0.0463. The van der Waals surface area contributed by atoms with Crippen molar-refractivity contribution < 1.29 is 29.0 Å². The van der Waals surface area contributed by atoms with Gasteiger partial charge in [-0.15, -0.1) is 0 Å². The van der Waals surface area contributed by atoms with Gasteiger partial charge in [-0.25, -0.2) is 4.79 Å². The summed E-state index contributed by atoms with van der Waals surface area (Å²) in [5.41, 5.74) is 0.633. The highest BCUT2D eigenvalue weighted by Crippen LogP contribution is 2.36. The maximum atomic E-state index is 12.4. The van der Waals surface area contributed by atoms with Crippen molar-refractivity contribution in [2.45, 2.75) is 26.3 Å². The topological polar surface area (TPSA) is 105 Å². The lowest BCUT2D eigenvalue weighted by molar-refractivity contribution is -0.143. The van der Waals surface area contributed by atoms with Crippen LogP contribution in [-0.4, -0.2) is 48.7 Å². The summed E-state index contributed by atoms with van der Waals surface area (Å²) in [5.74, 6) is -1.32. The van der Waals surface area contributed by atoms with Gasteiger partial charge in [0.05, 0.1) is 5.92 Å². The predicted octanol–water partition coefficient (Wildman–Crippen LogP) is 1.04. The molecular formula is C18H22N2O6. The third-order valence-electron chi connectivity index (χ3n) is 4.56. The van der Waals surface area contributed by atoms with Crippen molar-refractivity contribution in [2.24, 2.45) is 11.8 Å². The van der Waals surface area contributed by atoms with Crippen molar-refractivity contribution in [2.75, 3.05) is 24.7 Å². The summed E-state index contributed by atoms with van der Waals surface area (Å²) in [5, 5.41) is 11.8. The number of benzene rings is 1. The van der Waals surface area contributed by atoms with E-state index in [1.165, 1.54) is 4.90 Å². The highest BCUT2D eigenvalue weighted by atomic mass is 16.6. The first kappa shape index (κ1) is 18.0. The number of carboxylic acids is 1. The van der Waals surface area contributed by atoms with Crippen molar-refractivity contribution >= 4 is 23.5 Å². The van der Waals surface area contributed by atoms with Gasteiger partial charge in [-0.2, -0.15) is 0 Å². The molecule has 0 aromatic heterocycles. The fraction of sp³-hybridized carbons (Fsp3) is 0.500. The number of rotatable bonds is 5. The van der Waals surface area contributed by atoms with Crippen molar-refractivity contribution in [3.63, 3.8) is 0 Å². The normalized spacial score (nSPS) is 20.2. The van der Waals surface area contributed by atoms with Crippen LogP contribution in [0.5, 0.6) is 11.5 Å². The van der Waals surface area contributed by atoms with Crippen molar-refractivity contribution in [3.05, 3.63) is 18.2 Å². The Bertz CT molecular complexity index is 732. The average molecular weight is 362 g/mol. The number of anilines is 1. The first-order chi connectivity index (χ1) is 12.4. The van der Waals surface area contributed by atoms with Crippen LogP contribution in [0.3, 0.4) is 0 Å². The minimum Gasteiger partial charge on any atom is -0.486 e. The lowest BCUT2D eigenvalue weighted by Crippen LogP contribution is -2.47.